The van der Waals surface area contributed by atoms with Gasteiger partial charge in [-0.25, -0.2) is 4.79 Å². The van der Waals surface area contributed by atoms with Gasteiger partial charge in [0.05, 0.1) is 30.1 Å². The molecule has 10 amide bonds. The van der Waals surface area contributed by atoms with Crippen LogP contribution in [0.25, 0.3) is 0 Å². The number of amides is 10. The van der Waals surface area contributed by atoms with Crippen LogP contribution in [0.3, 0.4) is 0 Å². The fraction of sp³-hybridized carbons (Fsp3) is 0.613. The number of urea groups is 1. The first-order valence-corrected chi connectivity index (χ1v) is 35.7. The van der Waals surface area contributed by atoms with Crippen molar-refractivity contribution in [1.82, 2.24) is 46.2 Å². The number of nitrogens with two attached hydrogens (primary N) is 1. The van der Waals surface area contributed by atoms with Gasteiger partial charge in [-0.3, -0.25) is 53.5 Å². The number of likely N-dealkylation sites (tertiary alicyclic amines) is 1. The highest BCUT2D eigenvalue weighted by Gasteiger charge is 2.43. The Kier molecular flexibility index (Phi) is 33.3. The molecule has 0 aromatic heterocycles. The zero-order chi connectivity index (χ0) is 73.2. The number of aliphatic hydroxyl groups is 1. The van der Waals surface area contributed by atoms with Crippen molar-refractivity contribution in [2.75, 3.05) is 63.8 Å². The number of methoxy groups -OCH3 is 1. The van der Waals surface area contributed by atoms with E-state index in [1.165, 1.54) is 17.1 Å². The van der Waals surface area contributed by atoms with Gasteiger partial charge in [0.1, 0.15) is 18.3 Å². The second-order valence-electron chi connectivity index (χ2n) is 28.4. The van der Waals surface area contributed by atoms with Crippen LogP contribution in [0, 0.1) is 35.5 Å². The average molecular weight is 1380 g/mol. The number of imide groups is 1. The van der Waals surface area contributed by atoms with Crippen molar-refractivity contribution in [1.29, 1.82) is 0 Å². The Balaban J connectivity index is 1.17. The molecule has 3 aromatic rings. The first kappa shape index (κ1) is 81.7. The fourth-order valence-electron chi connectivity index (χ4n) is 13.7. The minimum absolute atomic E-state index is 0.0253. The minimum Gasteiger partial charge on any atom is -0.381 e. The highest BCUT2D eigenvalue weighted by Crippen LogP contribution is 2.32. The molecule has 2 aliphatic rings. The molecule has 0 bridgehead atoms. The third kappa shape index (κ3) is 25.0. The van der Waals surface area contributed by atoms with E-state index in [4.69, 9.17) is 10.5 Å². The number of rotatable bonds is 42. The van der Waals surface area contributed by atoms with Gasteiger partial charge in [0, 0.05) is 101 Å². The number of carbonyl (C=O) groups excluding carboxylic acids is 9. The summed E-state index contributed by atoms with van der Waals surface area (Å²) >= 11 is 0. The van der Waals surface area contributed by atoms with Gasteiger partial charge in [-0.15, -0.1) is 0 Å². The molecule has 0 saturated carbocycles. The number of anilines is 3. The van der Waals surface area contributed by atoms with Gasteiger partial charge in [0.15, 0.2) is 0 Å². The highest BCUT2D eigenvalue weighted by molar-refractivity contribution is 6.12. The third-order valence-electron chi connectivity index (χ3n) is 19.4. The van der Waals surface area contributed by atoms with E-state index >= 15 is 0 Å². The van der Waals surface area contributed by atoms with Crippen molar-refractivity contribution >= 4 is 70.4 Å². The number of ether oxygens (including phenoxy) is 1. The van der Waals surface area contributed by atoms with Gasteiger partial charge < -0.3 is 62.6 Å². The smallest absolute Gasteiger partial charge is 0.312 e. The van der Waals surface area contributed by atoms with Crippen LogP contribution in [0.1, 0.15) is 151 Å². The summed E-state index contributed by atoms with van der Waals surface area (Å²) in [6.07, 6.45) is 6.66. The summed E-state index contributed by atoms with van der Waals surface area (Å²) in [5.41, 5.74) is 9.32. The third-order valence-corrected chi connectivity index (χ3v) is 19.4. The summed E-state index contributed by atoms with van der Waals surface area (Å²) in [6.45, 7) is 23.1. The molecule has 0 aliphatic carbocycles. The average Bonchev–Trinajstić information content (AvgIpc) is 1.76. The number of hydrogen-bond donors (Lipinski definition) is 10. The normalized spacial score (nSPS) is 17.6. The lowest BCUT2D eigenvalue weighted by Gasteiger charge is -2.40. The number of unbranched alkanes of at least 4 members (excludes halogenated alkanes) is 2. The van der Waals surface area contributed by atoms with Crippen LogP contribution in [-0.4, -0.2) is 187 Å². The van der Waals surface area contributed by atoms with Crippen molar-refractivity contribution < 1.29 is 53.0 Å². The number of aliphatic hydroxyl groups excluding tert-OH is 1. The fourth-order valence-corrected chi connectivity index (χ4v) is 13.7. The molecular weight excluding hydrogens is 1260 g/mol. The van der Waals surface area contributed by atoms with Crippen molar-refractivity contribution in [3.8, 4) is 0 Å². The largest absolute Gasteiger partial charge is 0.381 e. The highest BCUT2D eigenvalue weighted by atomic mass is 16.5. The molecule has 11 N–H and O–H groups in total. The quantitative estimate of drug-likeness (QED) is 0.0150. The first-order chi connectivity index (χ1) is 47.0. The molecule has 4 unspecified atom stereocenters. The van der Waals surface area contributed by atoms with Gasteiger partial charge in [-0.1, -0.05) is 125 Å². The lowest BCUT2D eigenvalue weighted by Crippen LogP contribution is -2.58. The molecule has 24 nitrogen and oxygen atoms in total. The van der Waals surface area contributed by atoms with E-state index in [1.54, 1.807) is 38.1 Å². The van der Waals surface area contributed by atoms with E-state index in [9.17, 15) is 48.3 Å². The Labute approximate surface area is 588 Å². The van der Waals surface area contributed by atoms with Crippen molar-refractivity contribution in [3.05, 3.63) is 102 Å². The number of benzene rings is 3. The summed E-state index contributed by atoms with van der Waals surface area (Å²) < 4.78 is 6.12. The minimum atomic E-state index is -0.969. The molecule has 24 heteroatoms. The van der Waals surface area contributed by atoms with Crippen LogP contribution in [-0.2, 0) is 56.1 Å². The number of nitrogens with zero attached hydrogens (tertiary/aromatic N) is 4. The van der Waals surface area contributed by atoms with Crippen molar-refractivity contribution in [3.63, 3.8) is 0 Å². The van der Waals surface area contributed by atoms with Crippen LogP contribution in [0.2, 0.25) is 0 Å². The summed E-state index contributed by atoms with van der Waals surface area (Å²) in [5.74, 6) is -3.52. The molecule has 5 rings (SSSR count). The standard InChI is InChI=1S/C75H117N13O11/c1-16-49(8)68(86(14)74(97)66(47(4)5)84-73(96)67(48(6)7)85(12)13)50(9)43-64(92)87-42-24-28-60(87)69(99-15)51(10)70(93)82-59(44-53-25-19-17-20-26-53)71(94)80-57-36-34-55(35-37-57)78-45-54-30-32-56(33-31-54)79-52(11)58(27-23-40-77-75(76)98)81-72(95)65(46(2)3)83-61(89)29-21-18-22-41-88-62(90)38-39-63(88)91/h17,19-20,25-26,30-39,46-52,58-61,65-69,78-79,83,89H,16,18,21-24,27-29,40-45H2,1-15H3,(H,80,94)(H,81,95)(H,82,93)(H,84,96)(H3,76,77,98)/t49-,50+,51+,52?,58-,59-,60?,61?,65?,66-,67-,68-,69+/m0/s1. The summed E-state index contributed by atoms with van der Waals surface area (Å²) in [7, 11) is 7.04. The van der Waals surface area contributed by atoms with Gasteiger partial charge in [-0.05, 0) is 143 Å². The second-order valence-corrected chi connectivity index (χ2v) is 28.4. The maximum absolute atomic E-state index is 14.6. The molecule has 99 heavy (non-hydrogen) atoms. The molecular formula is C75H117N13O11. The zero-order valence-corrected chi connectivity index (χ0v) is 61.4. The molecule has 1 fully saturated rings. The zero-order valence-electron chi connectivity index (χ0n) is 61.4. The van der Waals surface area contributed by atoms with E-state index in [0.29, 0.717) is 83.2 Å². The number of hydrogen-bond acceptors (Lipinski definition) is 15. The number of nitrogens with one attached hydrogen (secondary N) is 8. The van der Waals surface area contributed by atoms with E-state index < -0.39 is 66.3 Å². The Hall–Kier alpha value is -7.93. The number of likely N-dealkylation sites (N-methyl/N-ethyl adjacent to an activating group) is 2. The molecule has 3 aromatic carbocycles. The van der Waals surface area contributed by atoms with Crippen molar-refractivity contribution in [2.24, 2.45) is 41.2 Å². The maximum atomic E-state index is 14.6. The molecule has 2 aliphatic heterocycles. The molecule has 2 heterocycles. The SMILES string of the molecule is CC[C@H](C)[C@@H]([C@H](C)CC(=O)N1CCCC1[C@H](OC)[C@@H](C)C(=O)N[C@@H](Cc1ccccc1)C(=O)Nc1ccc(NCc2ccc(NC(C)[C@H](CCCNC(N)=O)NC(=O)C(NC(O)CCCCCN3C(=O)C=CC3=O)C(C)C)cc2)cc1)N(C)C(=O)[C@@H](NC(=O)[C@H](C(C)C)N(C)C)C(C)C. The monoisotopic (exact) mass is 1380 g/mol. The number of primary amides is 1. The summed E-state index contributed by atoms with van der Waals surface area (Å²) in [4.78, 5) is 127. The molecule has 0 radical (unpaired) electrons. The lowest BCUT2D eigenvalue weighted by atomic mass is 9.84. The Morgan fingerprint density at radius 1 is 0.677 bits per heavy atom. The lowest BCUT2D eigenvalue weighted by molar-refractivity contribution is -0.144. The topological polar surface area (TPSA) is 318 Å². The summed E-state index contributed by atoms with van der Waals surface area (Å²) in [5, 5.41) is 35.9. The van der Waals surface area contributed by atoms with Crippen LogP contribution in [0.4, 0.5) is 21.9 Å². The van der Waals surface area contributed by atoms with E-state index in [-0.39, 0.29) is 96.0 Å². The Morgan fingerprint density at radius 2 is 1.30 bits per heavy atom. The first-order valence-electron chi connectivity index (χ1n) is 35.7. The van der Waals surface area contributed by atoms with Crippen LogP contribution in [0.5, 0.6) is 0 Å². The van der Waals surface area contributed by atoms with Crippen molar-refractivity contribution in [2.45, 2.75) is 214 Å². The number of carbonyl (C=O) groups is 9. The van der Waals surface area contributed by atoms with Gasteiger partial charge in [0.25, 0.3) is 11.8 Å². The van der Waals surface area contributed by atoms with Gasteiger partial charge in [-0.2, -0.15) is 0 Å². The van der Waals surface area contributed by atoms with E-state index in [0.717, 1.165) is 28.9 Å². The predicted molar refractivity (Wildman–Crippen MR) is 388 cm³/mol. The van der Waals surface area contributed by atoms with E-state index in [1.807, 2.05) is 146 Å². The van der Waals surface area contributed by atoms with Crippen LogP contribution >= 0.6 is 0 Å². The Morgan fingerprint density at radius 3 is 1.89 bits per heavy atom. The molecule has 13 atom stereocenters. The second kappa shape index (κ2) is 40.4. The molecule has 0 spiro atoms. The predicted octanol–water partition coefficient (Wildman–Crippen LogP) is 7.38. The molecule has 1 saturated heterocycles. The Bertz CT molecular complexity index is 3090. The maximum Gasteiger partial charge on any atom is 0.312 e. The van der Waals surface area contributed by atoms with Crippen LogP contribution < -0.4 is 48.3 Å². The summed E-state index contributed by atoms with van der Waals surface area (Å²) in [6, 6.07) is 19.8. The van der Waals surface area contributed by atoms with Crippen LogP contribution in [0.15, 0.2) is 91.0 Å². The van der Waals surface area contributed by atoms with Gasteiger partial charge >= 0.3 is 6.03 Å². The molecule has 548 valence electrons. The van der Waals surface area contributed by atoms with Gasteiger partial charge in [0.2, 0.25) is 35.4 Å². The van der Waals surface area contributed by atoms with E-state index in [2.05, 4.69) is 56.4 Å².